The summed E-state index contributed by atoms with van der Waals surface area (Å²) in [6.45, 7) is 6.41. The Hall–Kier alpha value is -4.19. The zero-order valence-electron chi connectivity index (χ0n) is 50.9. The van der Waals surface area contributed by atoms with Crippen molar-refractivity contribution >= 4 is 17.9 Å². The summed E-state index contributed by atoms with van der Waals surface area (Å²) in [7, 11) is 0. The van der Waals surface area contributed by atoms with Crippen LogP contribution in [0.2, 0.25) is 0 Å². The van der Waals surface area contributed by atoms with Gasteiger partial charge in [-0.2, -0.15) is 0 Å². The summed E-state index contributed by atoms with van der Waals surface area (Å²) >= 11 is 0. The second-order valence-electron chi connectivity index (χ2n) is 21.3. The third-order valence-electron chi connectivity index (χ3n) is 13.7. The van der Waals surface area contributed by atoms with E-state index in [9.17, 15) is 14.4 Å². The molecule has 0 aliphatic rings. The fourth-order valence-electron chi connectivity index (χ4n) is 8.91. The molecule has 444 valence electrons. The minimum Gasteiger partial charge on any atom is -0.462 e. The number of allylic oxidation sites excluding steroid dienone is 20. The molecule has 0 aliphatic carbocycles. The van der Waals surface area contributed by atoms with Crippen molar-refractivity contribution in [3.05, 3.63) is 122 Å². The Balaban J connectivity index is 4.43. The molecule has 0 saturated heterocycles. The van der Waals surface area contributed by atoms with Gasteiger partial charge in [0.15, 0.2) is 6.10 Å². The van der Waals surface area contributed by atoms with Gasteiger partial charge in [-0.05, 0) is 109 Å². The molecule has 1 atom stereocenters. The van der Waals surface area contributed by atoms with Gasteiger partial charge in [-0.15, -0.1) is 0 Å². The summed E-state index contributed by atoms with van der Waals surface area (Å²) in [4.78, 5) is 38.4. The van der Waals surface area contributed by atoms with Gasteiger partial charge in [0.25, 0.3) is 0 Å². The standard InChI is InChI=1S/C72H120O6/c1-4-7-10-13-16-19-22-25-28-31-33-34-35-36-37-38-39-42-44-47-50-53-56-59-62-65-71(74)77-68-69(67-76-70(73)64-61-58-55-52-49-46-43-40-30-27-24-21-18-15-12-9-6-3)78-72(75)66-63-60-57-54-51-48-45-41-32-29-26-23-20-17-14-11-8-5-2/h7,9-10,12,16,18-19,21,25,27-28,30,33-34,36-37,39,42-43,46,69H,4-6,8,11,13-15,17,20,22-24,26,29,31-32,35,38,40-41,44-45,47-68H2,1-3H3/b10-7-,12-9-,19-16-,21-18-,28-25-,30-27-,34-33-,37-36-,42-39-,46-43-. The predicted molar refractivity (Wildman–Crippen MR) is 339 cm³/mol. The van der Waals surface area contributed by atoms with Crippen LogP contribution in [0, 0.1) is 0 Å². The van der Waals surface area contributed by atoms with Gasteiger partial charge in [-0.25, -0.2) is 0 Å². The molecule has 6 heteroatoms. The van der Waals surface area contributed by atoms with E-state index in [1.807, 2.05) is 0 Å². The lowest BCUT2D eigenvalue weighted by atomic mass is 10.0. The Kier molecular flexibility index (Phi) is 61.8. The molecule has 6 nitrogen and oxygen atoms in total. The second kappa shape index (κ2) is 65.3. The Labute approximate surface area is 482 Å². The van der Waals surface area contributed by atoms with E-state index in [0.29, 0.717) is 19.3 Å². The van der Waals surface area contributed by atoms with Crippen LogP contribution in [0.15, 0.2) is 122 Å². The molecule has 78 heavy (non-hydrogen) atoms. The van der Waals surface area contributed by atoms with E-state index in [-0.39, 0.29) is 31.1 Å². The summed E-state index contributed by atoms with van der Waals surface area (Å²) in [6, 6.07) is 0. The summed E-state index contributed by atoms with van der Waals surface area (Å²) < 4.78 is 16.9. The highest BCUT2D eigenvalue weighted by Gasteiger charge is 2.19. The van der Waals surface area contributed by atoms with Crippen LogP contribution in [0.25, 0.3) is 0 Å². The molecule has 0 fully saturated rings. The lowest BCUT2D eigenvalue weighted by Gasteiger charge is -2.18. The third kappa shape index (κ3) is 62.7. The average molecular weight is 1080 g/mol. The van der Waals surface area contributed by atoms with Crippen LogP contribution in [-0.4, -0.2) is 37.2 Å². The minimum absolute atomic E-state index is 0.0944. The number of hydrogen-bond acceptors (Lipinski definition) is 6. The van der Waals surface area contributed by atoms with Crippen LogP contribution in [0.5, 0.6) is 0 Å². The van der Waals surface area contributed by atoms with E-state index < -0.39 is 6.10 Å². The fraction of sp³-hybridized carbons (Fsp3) is 0.681. The van der Waals surface area contributed by atoms with Crippen LogP contribution in [0.1, 0.15) is 297 Å². The van der Waals surface area contributed by atoms with Crippen molar-refractivity contribution < 1.29 is 28.6 Å². The van der Waals surface area contributed by atoms with E-state index in [1.165, 1.54) is 109 Å². The van der Waals surface area contributed by atoms with Gasteiger partial charge >= 0.3 is 17.9 Å². The Morgan fingerprint density at radius 2 is 0.500 bits per heavy atom. The molecule has 0 rings (SSSR count). The van der Waals surface area contributed by atoms with Crippen LogP contribution >= 0.6 is 0 Å². The smallest absolute Gasteiger partial charge is 0.306 e. The Bertz CT molecular complexity index is 1620. The summed E-state index contributed by atoms with van der Waals surface area (Å²) in [5, 5.41) is 0. The highest BCUT2D eigenvalue weighted by Crippen LogP contribution is 2.16. The van der Waals surface area contributed by atoms with E-state index in [4.69, 9.17) is 14.2 Å². The van der Waals surface area contributed by atoms with Crippen LogP contribution in [0.3, 0.4) is 0 Å². The number of carbonyl (C=O) groups is 3. The van der Waals surface area contributed by atoms with Gasteiger partial charge in [0.1, 0.15) is 13.2 Å². The monoisotopic (exact) mass is 1080 g/mol. The molecule has 0 radical (unpaired) electrons. The Morgan fingerprint density at radius 3 is 0.782 bits per heavy atom. The zero-order chi connectivity index (χ0) is 56.4. The maximum absolute atomic E-state index is 12.9. The maximum Gasteiger partial charge on any atom is 0.306 e. The van der Waals surface area contributed by atoms with Crippen molar-refractivity contribution in [3.8, 4) is 0 Å². The normalized spacial score (nSPS) is 12.9. The molecule has 0 aromatic rings. The first kappa shape index (κ1) is 73.8. The molecule has 1 unspecified atom stereocenters. The molecule has 0 aromatic carbocycles. The van der Waals surface area contributed by atoms with E-state index in [2.05, 4.69) is 142 Å². The topological polar surface area (TPSA) is 78.9 Å². The Morgan fingerprint density at radius 1 is 0.269 bits per heavy atom. The average Bonchev–Trinajstić information content (AvgIpc) is 3.44. The predicted octanol–water partition coefficient (Wildman–Crippen LogP) is 22.4. The first-order valence-corrected chi connectivity index (χ1v) is 32.5. The molecule has 0 aliphatic heterocycles. The molecular weight excluding hydrogens is 961 g/mol. The van der Waals surface area contributed by atoms with Crippen LogP contribution in [0.4, 0.5) is 0 Å². The molecular formula is C72H120O6. The first-order chi connectivity index (χ1) is 38.5. The number of rotatable bonds is 58. The maximum atomic E-state index is 12.9. The highest BCUT2D eigenvalue weighted by molar-refractivity contribution is 5.71. The second-order valence-corrected chi connectivity index (χ2v) is 21.3. The van der Waals surface area contributed by atoms with Gasteiger partial charge in [-0.3, -0.25) is 14.4 Å². The molecule has 0 bridgehead atoms. The van der Waals surface area contributed by atoms with Crippen molar-refractivity contribution in [1.29, 1.82) is 0 Å². The number of hydrogen-bond donors (Lipinski definition) is 0. The van der Waals surface area contributed by atoms with Crippen LogP contribution < -0.4 is 0 Å². The SMILES string of the molecule is CC/C=C\C/C=C\C/C=C\C/C=C\C/C=C\C/C=C\CCCCCCCCC(=O)OCC(COC(=O)CCCCCC/C=C\C/C=C\C/C=C\C/C=C\CC)OC(=O)CCCCCCCCCCCCCCCCCCCC. The summed E-state index contributed by atoms with van der Waals surface area (Å²) in [6.07, 6.45) is 90.6. The van der Waals surface area contributed by atoms with Gasteiger partial charge < -0.3 is 14.2 Å². The number of esters is 3. The van der Waals surface area contributed by atoms with E-state index in [1.54, 1.807) is 0 Å². The van der Waals surface area contributed by atoms with Crippen LogP contribution in [-0.2, 0) is 28.6 Å². The van der Waals surface area contributed by atoms with Crippen molar-refractivity contribution in [3.63, 3.8) is 0 Å². The van der Waals surface area contributed by atoms with E-state index in [0.717, 1.165) is 148 Å². The minimum atomic E-state index is -0.798. The highest BCUT2D eigenvalue weighted by atomic mass is 16.6. The molecule has 0 heterocycles. The molecule has 0 spiro atoms. The first-order valence-electron chi connectivity index (χ1n) is 32.5. The zero-order valence-corrected chi connectivity index (χ0v) is 50.9. The molecule has 0 amide bonds. The number of carbonyl (C=O) groups excluding carboxylic acids is 3. The van der Waals surface area contributed by atoms with Gasteiger partial charge in [-0.1, -0.05) is 290 Å². The molecule has 0 aromatic heterocycles. The van der Waals surface area contributed by atoms with Gasteiger partial charge in [0.05, 0.1) is 0 Å². The summed E-state index contributed by atoms with van der Waals surface area (Å²) in [5.74, 6) is -0.923. The van der Waals surface area contributed by atoms with Crippen molar-refractivity contribution in [1.82, 2.24) is 0 Å². The van der Waals surface area contributed by atoms with Crippen molar-refractivity contribution in [2.24, 2.45) is 0 Å². The van der Waals surface area contributed by atoms with Crippen molar-refractivity contribution in [2.45, 2.75) is 303 Å². The molecule has 0 saturated carbocycles. The number of ether oxygens (including phenoxy) is 3. The van der Waals surface area contributed by atoms with Gasteiger partial charge in [0, 0.05) is 19.3 Å². The van der Waals surface area contributed by atoms with E-state index >= 15 is 0 Å². The number of unbranched alkanes of at least 4 members (excludes halogenated alkanes) is 27. The largest absolute Gasteiger partial charge is 0.462 e. The lowest BCUT2D eigenvalue weighted by Crippen LogP contribution is -2.30. The lowest BCUT2D eigenvalue weighted by molar-refractivity contribution is -0.167. The summed E-state index contributed by atoms with van der Waals surface area (Å²) in [5.41, 5.74) is 0. The quantitative estimate of drug-likeness (QED) is 0.0261. The van der Waals surface area contributed by atoms with Gasteiger partial charge in [0.2, 0.25) is 0 Å². The van der Waals surface area contributed by atoms with Crippen molar-refractivity contribution in [2.75, 3.05) is 13.2 Å². The molecule has 0 N–H and O–H groups in total. The fourth-order valence-corrected chi connectivity index (χ4v) is 8.91. The third-order valence-corrected chi connectivity index (χ3v) is 13.7.